The highest BCUT2D eigenvalue weighted by atomic mass is 35.5. The number of carbonyl (C=O) groups excluding carboxylic acids is 1. The Kier molecular flexibility index (Phi) is 8.70. The number of rotatable bonds is 9. The van der Waals surface area contributed by atoms with Crippen molar-refractivity contribution in [2.45, 2.75) is 38.6 Å². The zero-order chi connectivity index (χ0) is 22.5. The summed E-state index contributed by atoms with van der Waals surface area (Å²) in [5.74, 6) is -0.285. The average molecular weight is 472 g/mol. The van der Waals surface area contributed by atoms with Gasteiger partial charge in [0.15, 0.2) is 0 Å². The van der Waals surface area contributed by atoms with E-state index in [9.17, 15) is 13.2 Å². The third kappa shape index (κ3) is 5.95. The SMILES string of the molecule is CCN(CC)S(=O)(=O)c1ccc(C)c(NC(=O)CNC(C)c2ccc(Cl)cc2Cl)c1. The number of benzene rings is 2. The Morgan fingerprint density at radius 2 is 1.77 bits per heavy atom. The molecule has 0 saturated heterocycles. The number of hydrogen-bond donors (Lipinski definition) is 2. The Morgan fingerprint density at radius 1 is 1.10 bits per heavy atom. The summed E-state index contributed by atoms with van der Waals surface area (Å²) in [7, 11) is -3.61. The average Bonchev–Trinajstić information content (AvgIpc) is 2.68. The highest BCUT2D eigenvalue weighted by Gasteiger charge is 2.22. The lowest BCUT2D eigenvalue weighted by molar-refractivity contribution is -0.115. The van der Waals surface area contributed by atoms with Gasteiger partial charge in [-0.3, -0.25) is 4.79 Å². The second kappa shape index (κ2) is 10.6. The molecule has 2 N–H and O–H groups in total. The van der Waals surface area contributed by atoms with Crippen LogP contribution in [-0.4, -0.2) is 38.3 Å². The molecule has 2 rings (SSSR count). The number of anilines is 1. The number of nitrogens with one attached hydrogen (secondary N) is 2. The molecule has 0 bridgehead atoms. The highest BCUT2D eigenvalue weighted by Crippen LogP contribution is 2.26. The van der Waals surface area contributed by atoms with Gasteiger partial charge in [0, 0.05) is 34.9 Å². The van der Waals surface area contributed by atoms with Gasteiger partial charge in [0.05, 0.1) is 11.4 Å². The molecule has 0 spiro atoms. The number of hydrogen-bond acceptors (Lipinski definition) is 4. The zero-order valence-corrected chi connectivity index (χ0v) is 19.8. The van der Waals surface area contributed by atoms with E-state index in [0.717, 1.165) is 11.1 Å². The topological polar surface area (TPSA) is 78.5 Å². The zero-order valence-electron chi connectivity index (χ0n) is 17.5. The largest absolute Gasteiger partial charge is 0.325 e. The van der Waals surface area contributed by atoms with Gasteiger partial charge in [-0.25, -0.2) is 8.42 Å². The molecule has 2 aromatic carbocycles. The van der Waals surface area contributed by atoms with E-state index in [1.54, 1.807) is 38.1 Å². The van der Waals surface area contributed by atoms with Crippen molar-refractivity contribution in [3.63, 3.8) is 0 Å². The Labute approximate surface area is 188 Å². The monoisotopic (exact) mass is 471 g/mol. The molecule has 0 radical (unpaired) electrons. The number of halogens is 2. The highest BCUT2D eigenvalue weighted by molar-refractivity contribution is 7.89. The second-order valence-electron chi connectivity index (χ2n) is 6.88. The lowest BCUT2D eigenvalue weighted by atomic mass is 10.1. The maximum atomic E-state index is 12.8. The van der Waals surface area contributed by atoms with E-state index in [1.807, 2.05) is 19.9 Å². The molecule has 30 heavy (non-hydrogen) atoms. The lowest BCUT2D eigenvalue weighted by Crippen LogP contribution is -2.31. The summed E-state index contributed by atoms with van der Waals surface area (Å²) in [5.41, 5.74) is 2.07. The van der Waals surface area contributed by atoms with E-state index in [2.05, 4.69) is 10.6 Å². The predicted molar refractivity (Wildman–Crippen MR) is 123 cm³/mol. The minimum atomic E-state index is -3.61. The summed E-state index contributed by atoms with van der Waals surface area (Å²) in [6, 6.07) is 9.79. The Hall–Kier alpha value is -1.64. The molecule has 0 heterocycles. The van der Waals surface area contributed by atoms with Crippen LogP contribution in [0.3, 0.4) is 0 Å². The third-order valence-electron chi connectivity index (χ3n) is 4.82. The molecule has 1 amide bonds. The fourth-order valence-corrected chi connectivity index (χ4v) is 5.07. The van der Waals surface area contributed by atoms with Gasteiger partial charge in [-0.15, -0.1) is 0 Å². The number of carbonyl (C=O) groups is 1. The molecule has 0 aliphatic carbocycles. The van der Waals surface area contributed by atoms with Crippen molar-refractivity contribution in [2.24, 2.45) is 0 Å². The molecule has 0 saturated carbocycles. The number of sulfonamides is 1. The van der Waals surface area contributed by atoms with Crippen LogP contribution in [0, 0.1) is 6.92 Å². The van der Waals surface area contributed by atoms with Crippen LogP contribution in [0.2, 0.25) is 10.0 Å². The molecular weight excluding hydrogens is 445 g/mol. The van der Waals surface area contributed by atoms with Crippen LogP contribution < -0.4 is 10.6 Å². The predicted octanol–water partition coefficient (Wildman–Crippen LogP) is 4.62. The van der Waals surface area contributed by atoms with Crippen molar-refractivity contribution in [3.05, 3.63) is 57.6 Å². The van der Waals surface area contributed by atoms with Crippen molar-refractivity contribution < 1.29 is 13.2 Å². The van der Waals surface area contributed by atoms with Crippen LogP contribution in [0.4, 0.5) is 5.69 Å². The normalized spacial score (nSPS) is 12.8. The maximum absolute atomic E-state index is 12.8. The molecule has 6 nitrogen and oxygen atoms in total. The van der Waals surface area contributed by atoms with E-state index >= 15 is 0 Å². The van der Waals surface area contributed by atoms with E-state index < -0.39 is 10.0 Å². The number of amides is 1. The summed E-state index contributed by atoms with van der Waals surface area (Å²) in [4.78, 5) is 12.6. The van der Waals surface area contributed by atoms with Gasteiger partial charge in [-0.1, -0.05) is 49.2 Å². The molecule has 1 atom stereocenters. The summed E-state index contributed by atoms with van der Waals surface area (Å²) < 4.78 is 26.9. The van der Waals surface area contributed by atoms with Gasteiger partial charge in [-0.2, -0.15) is 4.31 Å². The molecule has 9 heteroatoms. The minimum absolute atomic E-state index is 0.0343. The molecule has 2 aromatic rings. The third-order valence-corrected chi connectivity index (χ3v) is 7.43. The first kappa shape index (κ1) is 24.6. The fraction of sp³-hybridized carbons (Fsp3) is 0.381. The van der Waals surface area contributed by atoms with Crippen LogP contribution in [0.1, 0.15) is 37.9 Å². The summed E-state index contributed by atoms with van der Waals surface area (Å²) >= 11 is 12.1. The van der Waals surface area contributed by atoms with Crippen molar-refractivity contribution in [2.75, 3.05) is 25.0 Å². The van der Waals surface area contributed by atoms with Gasteiger partial charge in [0.1, 0.15) is 0 Å². The molecule has 0 aliphatic heterocycles. The van der Waals surface area contributed by atoms with Crippen LogP contribution in [0.5, 0.6) is 0 Å². The minimum Gasteiger partial charge on any atom is -0.325 e. The van der Waals surface area contributed by atoms with Crippen LogP contribution >= 0.6 is 23.2 Å². The van der Waals surface area contributed by atoms with Gasteiger partial charge in [-0.05, 0) is 49.2 Å². The van der Waals surface area contributed by atoms with Crippen LogP contribution in [0.25, 0.3) is 0 Å². The van der Waals surface area contributed by atoms with E-state index in [-0.39, 0.29) is 23.4 Å². The van der Waals surface area contributed by atoms with Gasteiger partial charge in [0.25, 0.3) is 0 Å². The maximum Gasteiger partial charge on any atom is 0.243 e. The van der Waals surface area contributed by atoms with E-state index in [1.165, 1.54) is 10.4 Å². The Bertz CT molecular complexity index is 1010. The van der Waals surface area contributed by atoms with Crippen molar-refractivity contribution >= 4 is 44.8 Å². The van der Waals surface area contributed by atoms with Gasteiger partial charge < -0.3 is 10.6 Å². The first-order valence-corrected chi connectivity index (χ1v) is 11.9. The Morgan fingerprint density at radius 3 is 2.37 bits per heavy atom. The molecule has 0 aliphatic rings. The number of aryl methyl sites for hydroxylation is 1. The van der Waals surface area contributed by atoms with Gasteiger partial charge in [0.2, 0.25) is 15.9 Å². The van der Waals surface area contributed by atoms with Crippen molar-refractivity contribution in [1.29, 1.82) is 0 Å². The van der Waals surface area contributed by atoms with Crippen LogP contribution in [0.15, 0.2) is 41.3 Å². The van der Waals surface area contributed by atoms with E-state index in [0.29, 0.717) is 28.8 Å². The quantitative estimate of drug-likeness (QED) is 0.558. The van der Waals surface area contributed by atoms with Crippen molar-refractivity contribution in [3.8, 4) is 0 Å². The summed E-state index contributed by atoms with van der Waals surface area (Å²) in [6.45, 7) is 8.08. The fourth-order valence-electron chi connectivity index (χ4n) is 3.01. The number of nitrogens with zero attached hydrogens (tertiary/aromatic N) is 1. The summed E-state index contributed by atoms with van der Waals surface area (Å²) in [6.07, 6.45) is 0. The molecule has 164 valence electrons. The Balaban J connectivity index is 2.09. The smallest absolute Gasteiger partial charge is 0.243 e. The molecule has 0 fully saturated rings. The standard InChI is InChI=1S/C21H27Cl2N3O3S/c1-5-26(6-2)30(28,29)17-9-7-14(3)20(12-17)25-21(27)13-24-15(4)18-10-8-16(22)11-19(18)23/h7-12,15,24H,5-6,13H2,1-4H3,(H,25,27). The molecule has 0 aromatic heterocycles. The summed E-state index contributed by atoms with van der Waals surface area (Å²) in [5, 5.41) is 6.97. The molecular formula is C21H27Cl2N3O3S. The van der Waals surface area contributed by atoms with Crippen molar-refractivity contribution in [1.82, 2.24) is 9.62 Å². The molecule has 1 unspecified atom stereocenters. The van der Waals surface area contributed by atoms with Gasteiger partial charge >= 0.3 is 0 Å². The first-order chi connectivity index (χ1) is 14.1. The second-order valence-corrected chi connectivity index (χ2v) is 9.66. The first-order valence-electron chi connectivity index (χ1n) is 9.69. The lowest BCUT2D eigenvalue weighted by Gasteiger charge is -2.20. The van der Waals surface area contributed by atoms with Crippen LogP contribution in [-0.2, 0) is 14.8 Å². The van der Waals surface area contributed by atoms with E-state index in [4.69, 9.17) is 23.2 Å².